The zero-order valence-corrected chi connectivity index (χ0v) is 13.4. The third-order valence-corrected chi connectivity index (χ3v) is 4.77. The molecular weight excluding hydrogens is 286 g/mol. The van der Waals surface area contributed by atoms with Gasteiger partial charge in [-0.2, -0.15) is 0 Å². The zero-order valence-electron chi connectivity index (χ0n) is 13.4. The summed E-state index contributed by atoms with van der Waals surface area (Å²) in [6.45, 7) is 2.80. The predicted molar refractivity (Wildman–Crippen MR) is 91.4 cm³/mol. The highest BCUT2D eigenvalue weighted by Crippen LogP contribution is 2.31. The number of carbonyl (C=O) groups is 1. The molecule has 23 heavy (non-hydrogen) atoms. The lowest BCUT2D eigenvalue weighted by molar-refractivity contribution is 0.00367. The highest BCUT2D eigenvalue weighted by Gasteiger charge is 2.37. The monoisotopic (exact) mass is 309 g/mol. The fraction of sp³-hybridized carbons (Fsp3) is 0.350. The summed E-state index contributed by atoms with van der Waals surface area (Å²) in [6.07, 6.45) is 1.12. The molecule has 1 fully saturated rings. The van der Waals surface area contributed by atoms with E-state index in [2.05, 4.69) is 19.1 Å². The van der Waals surface area contributed by atoms with E-state index in [1.165, 1.54) is 0 Å². The van der Waals surface area contributed by atoms with Gasteiger partial charge in [0, 0.05) is 18.0 Å². The third-order valence-electron chi connectivity index (χ3n) is 4.77. The number of aliphatic hydroxyl groups excluding tert-OH is 1. The van der Waals surface area contributed by atoms with E-state index in [4.69, 9.17) is 0 Å². The van der Waals surface area contributed by atoms with Crippen LogP contribution in [-0.4, -0.2) is 34.6 Å². The van der Waals surface area contributed by atoms with Gasteiger partial charge in [-0.1, -0.05) is 55.5 Å². The Morgan fingerprint density at radius 1 is 1.09 bits per heavy atom. The normalized spacial score (nSPS) is 22.6. The van der Waals surface area contributed by atoms with Gasteiger partial charge in [0.2, 0.25) is 0 Å². The van der Waals surface area contributed by atoms with E-state index in [1.807, 2.05) is 53.4 Å². The topological polar surface area (TPSA) is 40.5 Å². The quantitative estimate of drug-likeness (QED) is 0.943. The van der Waals surface area contributed by atoms with Gasteiger partial charge in [-0.25, -0.2) is 0 Å². The summed E-state index contributed by atoms with van der Waals surface area (Å²) < 4.78 is 0. The Balaban J connectivity index is 1.89. The molecule has 3 atom stereocenters. The lowest BCUT2D eigenvalue weighted by Crippen LogP contribution is -2.53. The van der Waals surface area contributed by atoms with E-state index < -0.39 is 6.10 Å². The minimum Gasteiger partial charge on any atom is -0.391 e. The van der Waals surface area contributed by atoms with Crippen LogP contribution in [0.4, 0.5) is 0 Å². The number of hydrogen-bond acceptors (Lipinski definition) is 2. The van der Waals surface area contributed by atoms with Crippen LogP contribution < -0.4 is 0 Å². The maximum absolute atomic E-state index is 12.9. The molecule has 3 heteroatoms. The molecule has 0 radical (unpaired) electrons. The molecule has 1 saturated heterocycles. The Hall–Kier alpha value is -2.13. The molecule has 1 aliphatic heterocycles. The number of carbonyl (C=O) groups excluding carboxylic acids is 1. The Bertz CT molecular complexity index is 641. The Labute approximate surface area is 137 Å². The van der Waals surface area contributed by atoms with Crippen LogP contribution in [-0.2, 0) is 0 Å². The van der Waals surface area contributed by atoms with Gasteiger partial charge >= 0.3 is 0 Å². The van der Waals surface area contributed by atoms with Crippen LogP contribution in [0.1, 0.15) is 41.6 Å². The van der Waals surface area contributed by atoms with Gasteiger partial charge < -0.3 is 10.0 Å². The van der Waals surface area contributed by atoms with Gasteiger partial charge in [0.25, 0.3) is 5.91 Å². The van der Waals surface area contributed by atoms with Crippen molar-refractivity contribution >= 4 is 5.91 Å². The SMILES string of the molecule is CC(c1ccccc1)[C@@H]1[C@@H](O)CCCN1C(=O)c1ccccc1. The maximum Gasteiger partial charge on any atom is 0.254 e. The standard InChI is InChI=1S/C20H23NO2/c1-15(16-9-4-2-5-10-16)19-18(22)13-8-14-21(19)20(23)17-11-6-3-7-12-17/h2-7,9-12,15,18-19,22H,8,13-14H2,1H3/t15?,18-,19+/m0/s1. The van der Waals surface area contributed by atoms with Crippen LogP contribution in [0.3, 0.4) is 0 Å². The Morgan fingerprint density at radius 2 is 1.70 bits per heavy atom. The minimum absolute atomic E-state index is 0.0112. The molecule has 1 unspecified atom stereocenters. The average molecular weight is 309 g/mol. The van der Waals surface area contributed by atoms with Crippen molar-refractivity contribution in [3.8, 4) is 0 Å². The zero-order chi connectivity index (χ0) is 16.2. The van der Waals surface area contributed by atoms with Crippen LogP contribution in [0, 0.1) is 0 Å². The van der Waals surface area contributed by atoms with Crippen LogP contribution in [0.5, 0.6) is 0 Å². The number of aliphatic hydroxyl groups is 1. The molecule has 120 valence electrons. The van der Waals surface area contributed by atoms with Crippen molar-refractivity contribution in [2.24, 2.45) is 0 Å². The first-order valence-electron chi connectivity index (χ1n) is 8.27. The molecule has 0 aromatic heterocycles. The van der Waals surface area contributed by atoms with Gasteiger partial charge in [0.1, 0.15) is 0 Å². The average Bonchev–Trinajstić information content (AvgIpc) is 2.62. The van der Waals surface area contributed by atoms with Crippen molar-refractivity contribution in [1.29, 1.82) is 0 Å². The van der Waals surface area contributed by atoms with Crippen LogP contribution in [0.15, 0.2) is 60.7 Å². The van der Waals surface area contributed by atoms with Crippen molar-refractivity contribution in [3.05, 3.63) is 71.8 Å². The number of piperidine rings is 1. The number of hydrogen-bond donors (Lipinski definition) is 1. The molecule has 0 spiro atoms. The van der Waals surface area contributed by atoms with Gasteiger partial charge in [0.05, 0.1) is 12.1 Å². The van der Waals surface area contributed by atoms with E-state index in [1.54, 1.807) is 0 Å². The lowest BCUT2D eigenvalue weighted by atomic mass is 9.84. The van der Waals surface area contributed by atoms with E-state index >= 15 is 0 Å². The van der Waals surface area contributed by atoms with E-state index in [0.717, 1.165) is 18.4 Å². The highest BCUT2D eigenvalue weighted by atomic mass is 16.3. The second kappa shape index (κ2) is 6.97. The first-order chi connectivity index (χ1) is 11.2. The fourth-order valence-electron chi connectivity index (χ4n) is 3.54. The van der Waals surface area contributed by atoms with Crippen molar-refractivity contribution in [3.63, 3.8) is 0 Å². The summed E-state index contributed by atoms with van der Waals surface area (Å²) in [5.74, 6) is 0.108. The molecule has 2 aromatic carbocycles. The summed E-state index contributed by atoms with van der Waals surface area (Å²) in [6, 6.07) is 19.3. The second-order valence-electron chi connectivity index (χ2n) is 6.26. The fourth-order valence-corrected chi connectivity index (χ4v) is 3.54. The lowest BCUT2D eigenvalue weighted by Gasteiger charge is -2.42. The predicted octanol–water partition coefficient (Wildman–Crippen LogP) is 3.46. The molecule has 3 rings (SSSR count). The van der Waals surface area contributed by atoms with Gasteiger partial charge in [0.15, 0.2) is 0 Å². The van der Waals surface area contributed by atoms with Crippen LogP contribution >= 0.6 is 0 Å². The van der Waals surface area contributed by atoms with Gasteiger partial charge in [-0.15, -0.1) is 0 Å². The largest absolute Gasteiger partial charge is 0.391 e. The molecule has 2 aromatic rings. The van der Waals surface area contributed by atoms with Crippen LogP contribution in [0.25, 0.3) is 0 Å². The summed E-state index contributed by atoms with van der Waals surface area (Å²) in [5, 5.41) is 10.6. The van der Waals surface area contributed by atoms with Crippen molar-refractivity contribution in [2.75, 3.05) is 6.54 Å². The van der Waals surface area contributed by atoms with Crippen LogP contribution in [0.2, 0.25) is 0 Å². The smallest absolute Gasteiger partial charge is 0.254 e. The Kier molecular flexibility index (Phi) is 4.77. The molecule has 1 aliphatic rings. The highest BCUT2D eigenvalue weighted by molar-refractivity contribution is 5.94. The number of benzene rings is 2. The first-order valence-corrected chi connectivity index (χ1v) is 8.27. The summed E-state index contributed by atoms with van der Waals surface area (Å²) >= 11 is 0. The minimum atomic E-state index is -0.480. The molecule has 0 saturated carbocycles. The molecule has 1 amide bonds. The van der Waals surface area contributed by atoms with Crippen molar-refractivity contribution < 1.29 is 9.90 Å². The van der Waals surface area contributed by atoms with Crippen molar-refractivity contribution in [1.82, 2.24) is 4.90 Å². The van der Waals surface area contributed by atoms with E-state index in [9.17, 15) is 9.90 Å². The number of amides is 1. The summed E-state index contributed by atoms with van der Waals surface area (Å²) in [4.78, 5) is 14.8. The molecule has 1 heterocycles. The van der Waals surface area contributed by atoms with E-state index in [-0.39, 0.29) is 17.9 Å². The van der Waals surface area contributed by atoms with E-state index in [0.29, 0.717) is 12.1 Å². The summed E-state index contributed by atoms with van der Waals surface area (Å²) in [5.41, 5.74) is 1.84. The Morgan fingerprint density at radius 3 is 2.35 bits per heavy atom. The third kappa shape index (κ3) is 3.30. The molecule has 3 nitrogen and oxygen atoms in total. The molecular formula is C20H23NO2. The second-order valence-corrected chi connectivity index (χ2v) is 6.26. The van der Waals surface area contributed by atoms with Gasteiger partial charge in [-0.3, -0.25) is 4.79 Å². The molecule has 1 N–H and O–H groups in total. The maximum atomic E-state index is 12.9. The first kappa shape index (κ1) is 15.8. The molecule has 0 bridgehead atoms. The van der Waals surface area contributed by atoms with Crippen molar-refractivity contribution in [2.45, 2.75) is 37.8 Å². The molecule has 0 aliphatic carbocycles. The number of nitrogens with zero attached hydrogens (tertiary/aromatic N) is 1. The number of rotatable bonds is 3. The number of likely N-dealkylation sites (tertiary alicyclic amines) is 1. The summed E-state index contributed by atoms with van der Waals surface area (Å²) in [7, 11) is 0. The van der Waals surface area contributed by atoms with Gasteiger partial charge in [-0.05, 0) is 30.5 Å².